The molecule has 1 aromatic rings. The first-order valence-electron chi connectivity index (χ1n) is 7.12. The first-order valence-corrected chi connectivity index (χ1v) is 7.12. The number of rotatable bonds is 10. The van der Waals surface area contributed by atoms with Crippen LogP contribution in [0.25, 0.3) is 0 Å². The van der Waals surface area contributed by atoms with Crippen molar-refractivity contribution in [2.24, 2.45) is 0 Å². The maximum absolute atomic E-state index is 13.0. The molecule has 0 radical (unpaired) electrons. The summed E-state index contributed by atoms with van der Waals surface area (Å²) in [6.45, 7) is 4.73. The highest BCUT2D eigenvalue weighted by Crippen LogP contribution is 2.19. The predicted octanol–water partition coefficient (Wildman–Crippen LogP) is 2.97. The molecule has 1 atom stereocenters. The molecule has 0 fully saturated rings. The van der Waals surface area contributed by atoms with Crippen LogP contribution in [0.4, 0.5) is 4.39 Å². The Hall–Kier alpha value is -1.76. The molecule has 0 spiro atoms. The summed E-state index contributed by atoms with van der Waals surface area (Å²) in [7, 11) is 0. The lowest BCUT2D eigenvalue weighted by Gasteiger charge is -2.16. The highest BCUT2D eigenvalue weighted by Gasteiger charge is 2.22. The van der Waals surface area contributed by atoms with E-state index in [9.17, 15) is 9.18 Å². The minimum absolute atomic E-state index is 0.191. The monoisotopic (exact) mass is 312 g/mol. The molecule has 0 saturated carbocycles. The molecule has 0 amide bonds. The largest absolute Gasteiger partial charge is 0.464 e. The van der Waals surface area contributed by atoms with Crippen LogP contribution in [-0.2, 0) is 24.0 Å². The third-order valence-electron chi connectivity index (χ3n) is 2.56. The fourth-order valence-electron chi connectivity index (χ4n) is 1.61. The van der Waals surface area contributed by atoms with Gasteiger partial charge in [-0.1, -0.05) is 24.3 Å². The van der Waals surface area contributed by atoms with Crippen molar-refractivity contribution >= 4 is 5.97 Å². The van der Waals surface area contributed by atoms with Gasteiger partial charge in [-0.25, -0.2) is 19.0 Å². The Labute approximate surface area is 129 Å². The first kappa shape index (κ1) is 18.3. The summed E-state index contributed by atoms with van der Waals surface area (Å²) in [5.41, 5.74) is 0.541. The fraction of sp³-hybridized carbons (Fsp3) is 0.438. The second-order valence-corrected chi connectivity index (χ2v) is 4.18. The third kappa shape index (κ3) is 6.80. The molecule has 0 aliphatic carbocycles. The van der Waals surface area contributed by atoms with Gasteiger partial charge in [0, 0.05) is 0 Å². The summed E-state index contributed by atoms with van der Waals surface area (Å²) in [4.78, 5) is 21.4. The lowest BCUT2D eigenvalue weighted by molar-refractivity contribution is -0.282. The molecule has 122 valence electrons. The Kier molecular flexibility index (Phi) is 9.06. The Morgan fingerprint density at radius 1 is 1.09 bits per heavy atom. The summed E-state index contributed by atoms with van der Waals surface area (Å²) >= 11 is 0. The average molecular weight is 312 g/mol. The zero-order valence-electron chi connectivity index (χ0n) is 12.8. The van der Waals surface area contributed by atoms with E-state index in [1.807, 2.05) is 6.92 Å². The van der Waals surface area contributed by atoms with E-state index >= 15 is 0 Å². The normalized spacial score (nSPS) is 12.5. The minimum atomic E-state index is -0.891. The van der Waals surface area contributed by atoms with Gasteiger partial charge in [-0.2, -0.15) is 0 Å². The van der Waals surface area contributed by atoms with Crippen LogP contribution in [-0.4, -0.2) is 32.4 Å². The molecule has 5 nitrogen and oxygen atoms in total. The molecule has 0 aliphatic rings. The van der Waals surface area contributed by atoms with Gasteiger partial charge in [0.05, 0.1) is 19.8 Å². The zero-order valence-corrected chi connectivity index (χ0v) is 12.8. The molecular weight excluding hydrogens is 291 g/mol. The average Bonchev–Trinajstić information content (AvgIpc) is 2.51. The minimum Gasteiger partial charge on any atom is -0.464 e. The number of carbonyl (C=O) groups is 1. The Morgan fingerprint density at radius 2 is 1.77 bits per heavy atom. The summed E-state index contributed by atoms with van der Waals surface area (Å²) in [6, 6.07) is 5.55. The molecule has 0 aromatic heterocycles. The van der Waals surface area contributed by atoms with E-state index in [2.05, 4.69) is 0 Å². The standard InChI is InChI=1S/C16H21FO5/c1-3-19-16(18)15(13-7-9-14(17)10-8-13)20-11-5-6-12-22-21-4-2/h5-10,15H,3-4,11-12H2,1-2H3/b6-5+. The van der Waals surface area contributed by atoms with Gasteiger partial charge in [-0.05, 0) is 31.5 Å². The smallest absolute Gasteiger partial charge is 0.339 e. The van der Waals surface area contributed by atoms with Gasteiger partial charge in [0.1, 0.15) is 12.4 Å². The van der Waals surface area contributed by atoms with Gasteiger partial charge in [0.25, 0.3) is 0 Å². The van der Waals surface area contributed by atoms with Crippen LogP contribution in [0.5, 0.6) is 0 Å². The summed E-state index contributed by atoms with van der Waals surface area (Å²) in [5.74, 6) is -0.882. The molecular formula is C16H21FO5. The summed E-state index contributed by atoms with van der Waals surface area (Å²) in [6.07, 6.45) is 2.52. The van der Waals surface area contributed by atoms with Gasteiger partial charge in [0.2, 0.25) is 0 Å². The van der Waals surface area contributed by atoms with E-state index in [1.165, 1.54) is 24.3 Å². The first-order chi connectivity index (χ1) is 10.7. The van der Waals surface area contributed by atoms with Gasteiger partial charge in [-0.3, -0.25) is 0 Å². The molecule has 0 aliphatic heterocycles. The molecule has 0 heterocycles. The highest BCUT2D eigenvalue weighted by molar-refractivity contribution is 5.76. The van der Waals surface area contributed by atoms with Crippen LogP contribution in [0.3, 0.4) is 0 Å². The van der Waals surface area contributed by atoms with Crippen LogP contribution >= 0.6 is 0 Å². The van der Waals surface area contributed by atoms with Gasteiger partial charge < -0.3 is 9.47 Å². The van der Waals surface area contributed by atoms with Crippen molar-refractivity contribution in [1.82, 2.24) is 0 Å². The number of ether oxygens (including phenoxy) is 2. The molecule has 6 heteroatoms. The van der Waals surface area contributed by atoms with Crippen molar-refractivity contribution in [3.63, 3.8) is 0 Å². The third-order valence-corrected chi connectivity index (χ3v) is 2.56. The van der Waals surface area contributed by atoms with Gasteiger partial charge >= 0.3 is 5.97 Å². The molecule has 1 aromatic carbocycles. The van der Waals surface area contributed by atoms with E-state index in [0.717, 1.165) is 0 Å². The number of hydrogen-bond donors (Lipinski definition) is 0. The Bertz CT molecular complexity index is 458. The van der Waals surface area contributed by atoms with Crippen molar-refractivity contribution in [3.8, 4) is 0 Å². The number of esters is 1. The number of carbonyl (C=O) groups excluding carboxylic acids is 1. The maximum Gasteiger partial charge on any atom is 0.339 e. The van der Waals surface area contributed by atoms with Crippen LogP contribution < -0.4 is 0 Å². The van der Waals surface area contributed by atoms with Crippen LogP contribution in [0, 0.1) is 5.82 Å². The fourth-order valence-corrected chi connectivity index (χ4v) is 1.61. The molecule has 1 rings (SSSR count). The van der Waals surface area contributed by atoms with E-state index in [4.69, 9.17) is 19.2 Å². The lowest BCUT2D eigenvalue weighted by atomic mass is 10.1. The quantitative estimate of drug-likeness (QED) is 0.219. The van der Waals surface area contributed by atoms with Gasteiger partial charge in [-0.15, -0.1) is 0 Å². The highest BCUT2D eigenvalue weighted by atomic mass is 19.1. The summed E-state index contributed by atoms with van der Waals surface area (Å²) < 4.78 is 23.4. The van der Waals surface area contributed by atoms with Crippen molar-refractivity contribution < 1.29 is 28.4 Å². The summed E-state index contributed by atoms with van der Waals surface area (Å²) in [5, 5.41) is 0. The number of benzene rings is 1. The SMILES string of the molecule is CCOOC/C=C/COC(C(=O)OCC)c1ccc(F)cc1. The van der Waals surface area contributed by atoms with E-state index in [-0.39, 0.29) is 25.6 Å². The van der Waals surface area contributed by atoms with Gasteiger partial charge in [0.15, 0.2) is 6.10 Å². The van der Waals surface area contributed by atoms with Crippen molar-refractivity contribution in [2.75, 3.05) is 26.4 Å². The van der Waals surface area contributed by atoms with E-state index in [0.29, 0.717) is 12.2 Å². The molecule has 0 saturated heterocycles. The molecule has 0 bridgehead atoms. The van der Waals surface area contributed by atoms with Crippen LogP contribution in [0.15, 0.2) is 36.4 Å². The van der Waals surface area contributed by atoms with Crippen molar-refractivity contribution in [3.05, 3.63) is 47.8 Å². The Balaban J connectivity index is 2.56. The lowest BCUT2D eigenvalue weighted by Crippen LogP contribution is -2.19. The van der Waals surface area contributed by atoms with Crippen molar-refractivity contribution in [1.29, 1.82) is 0 Å². The molecule has 0 N–H and O–H groups in total. The molecule has 22 heavy (non-hydrogen) atoms. The topological polar surface area (TPSA) is 54.0 Å². The number of halogens is 1. The van der Waals surface area contributed by atoms with E-state index < -0.39 is 12.1 Å². The predicted molar refractivity (Wildman–Crippen MR) is 78.4 cm³/mol. The second-order valence-electron chi connectivity index (χ2n) is 4.18. The number of hydrogen-bond acceptors (Lipinski definition) is 5. The van der Waals surface area contributed by atoms with Crippen molar-refractivity contribution in [2.45, 2.75) is 20.0 Å². The Morgan fingerprint density at radius 3 is 2.41 bits per heavy atom. The molecule has 1 unspecified atom stereocenters. The van der Waals surface area contributed by atoms with Crippen LogP contribution in [0.2, 0.25) is 0 Å². The maximum atomic E-state index is 13.0. The zero-order chi connectivity index (χ0) is 16.2. The van der Waals surface area contributed by atoms with Crippen LogP contribution in [0.1, 0.15) is 25.5 Å². The van der Waals surface area contributed by atoms with E-state index in [1.54, 1.807) is 19.1 Å². The second kappa shape index (κ2) is 10.9.